The summed E-state index contributed by atoms with van der Waals surface area (Å²) >= 11 is 3.08. The van der Waals surface area contributed by atoms with Gasteiger partial charge in [0.15, 0.2) is 5.78 Å². The van der Waals surface area contributed by atoms with Crippen molar-refractivity contribution < 1.29 is 9.72 Å². The van der Waals surface area contributed by atoms with Crippen LogP contribution in [0.25, 0.3) is 0 Å². The summed E-state index contributed by atoms with van der Waals surface area (Å²) in [7, 11) is 0. The monoisotopic (exact) mass is 351 g/mol. The summed E-state index contributed by atoms with van der Waals surface area (Å²) in [5.41, 5.74) is 2.47. The average molecular weight is 352 g/mol. The second kappa shape index (κ2) is 5.77. The van der Waals surface area contributed by atoms with Crippen molar-refractivity contribution in [2.24, 2.45) is 0 Å². The molecule has 110 valence electrons. The maximum Gasteiger partial charge on any atom is 0.404 e. The van der Waals surface area contributed by atoms with Crippen molar-refractivity contribution >= 4 is 27.5 Å². The Morgan fingerprint density at radius 1 is 1.43 bits per heavy atom. The highest BCUT2D eigenvalue weighted by Gasteiger charge is 2.26. The lowest BCUT2D eigenvalue weighted by Gasteiger charge is -2.11. The van der Waals surface area contributed by atoms with Crippen LogP contribution in [-0.4, -0.2) is 20.5 Å². The van der Waals surface area contributed by atoms with E-state index in [-0.39, 0.29) is 16.1 Å². The Balaban J connectivity index is 2.37. The molecule has 0 aliphatic carbocycles. The summed E-state index contributed by atoms with van der Waals surface area (Å²) < 4.78 is 1.57. The number of hydrogen-bond donors (Lipinski definition) is 0. The molecule has 1 aromatic heterocycles. The van der Waals surface area contributed by atoms with Gasteiger partial charge in [-0.3, -0.25) is 4.79 Å². The zero-order valence-electron chi connectivity index (χ0n) is 11.8. The number of halogens is 1. The Kier molecular flexibility index (Phi) is 4.22. The zero-order valence-corrected chi connectivity index (χ0v) is 13.4. The predicted molar refractivity (Wildman–Crippen MR) is 81.5 cm³/mol. The smallest absolute Gasteiger partial charge is 0.358 e. The lowest BCUT2D eigenvalue weighted by Crippen LogP contribution is -2.18. The molecule has 2 aromatic rings. The largest absolute Gasteiger partial charge is 0.404 e. The number of hydrogen-bond acceptors (Lipinski definition) is 4. The van der Waals surface area contributed by atoms with Gasteiger partial charge < -0.3 is 10.1 Å². The van der Waals surface area contributed by atoms with Gasteiger partial charge in [-0.1, -0.05) is 17.7 Å². The van der Waals surface area contributed by atoms with Gasteiger partial charge in [0.25, 0.3) is 0 Å². The molecule has 0 N–H and O–H groups in total. The normalized spacial score (nSPS) is 12.2. The number of benzene rings is 1. The van der Waals surface area contributed by atoms with Crippen molar-refractivity contribution in [3.8, 4) is 0 Å². The minimum atomic E-state index is -0.615. The minimum absolute atomic E-state index is 0.124. The van der Waals surface area contributed by atoms with Crippen molar-refractivity contribution in [3.63, 3.8) is 0 Å². The maximum atomic E-state index is 12.6. The van der Waals surface area contributed by atoms with E-state index in [1.165, 1.54) is 10.9 Å². The second-order valence-corrected chi connectivity index (χ2v) is 5.75. The lowest BCUT2D eigenvalue weighted by molar-refractivity contribution is -0.390. The molecule has 0 aliphatic heterocycles. The Morgan fingerprint density at radius 2 is 2.10 bits per heavy atom. The van der Waals surface area contributed by atoms with Crippen LogP contribution in [0, 0.1) is 24.0 Å². The second-order valence-electron chi connectivity index (χ2n) is 4.90. The van der Waals surface area contributed by atoms with Crippen LogP contribution in [0.3, 0.4) is 0 Å². The third kappa shape index (κ3) is 3.02. The van der Waals surface area contributed by atoms with Gasteiger partial charge >= 0.3 is 5.82 Å². The summed E-state index contributed by atoms with van der Waals surface area (Å²) in [6.45, 7) is 5.45. The molecule has 21 heavy (non-hydrogen) atoms. The molecule has 1 atom stereocenters. The first-order valence-corrected chi connectivity index (χ1v) is 7.11. The van der Waals surface area contributed by atoms with Gasteiger partial charge in [-0.05, 0) is 53.3 Å². The van der Waals surface area contributed by atoms with E-state index < -0.39 is 11.0 Å². The van der Waals surface area contributed by atoms with Gasteiger partial charge in [0.1, 0.15) is 10.5 Å². The average Bonchev–Trinajstić information content (AvgIpc) is 2.82. The van der Waals surface area contributed by atoms with Crippen LogP contribution >= 0.6 is 15.9 Å². The summed E-state index contributed by atoms with van der Waals surface area (Å²) in [6, 6.07) is 5.03. The van der Waals surface area contributed by atoms with E-state index in [1.54, 1.807) is 6.92 Å². The van der Waals surface area contributed by atoms with Gasteiger partial charge in [0, 0.05) is 5.56 Å². The number of carbonyl (C=O) groups excluding carboxylic acids is 1. The molecule has 0 spiro atoms. The number of aryl methyl sites for hydroxylation is 2. The molecule has 0 saturated carbocycles. The van der Waals surface area contributed by atoms with E-state index in [0.717, 1.165) is 11.1 Å². The first-order chi connectivity index (χ1) is 9.81. The number of Topliss-reactive ketones (excluding diaryl/α,β-unsaturated/α-hetero) is 1. The molecule has 0 fully saturated rings. The Bertz CT molecular complexity index is 724. The van der Waals surface area contributed by atoms with Crippen molar-refractivity contribution in [1.82, 2.24) is 9.78 Å². The summed E-state index contributed by atoms with van der Waals surface area (Å²) in [4.78, 5) is 22.8. The molecule has 1 aromatic carbocycles. The van der Waals surface area contributed by atoms with Crippen molar-refractivity contribution in [1.29, 1.82) is 0 Å². The fourth-order valence-electron chi connectivity index (χ4n) is 2.03. The van der Waals surface area contributed by atoms with Gasteiger partial charge in [0.2, 0.25) is 0 Å². The van der Waals surface area contributed by atoms with Crippen molar-refractivity contribution in [2.45, 2.75) is 26.8 Å². The van der Waals surface area contributed by atoms with Crippen LogP contribution in [0.2, 0.25) is 0 Å². The highest BCUT2D eigenvalue weighted by molar-refractivity contribution is 9.10. The van der Waals surface area contributed by atoms with E-state index in [1.807, 2.05) is 32.0 Å². The van der Waals surface area contributed by atoms with Gasteiger partial charge in [-0.2, -0.15) is 4.68 Å². The zero-order chi connectivity index (χ0) is 15.7. The molecule has 2 rings (SSSR count). The van der Waals surface area contributed by atoms with Gasteiger partial charge in [0.05, 0.1) is 11.3 Å². The Hall–Kier alpha value is -2.02. The van der Waals surface area contributed by atoms with E-state index in [0.29, 0.717) is 5.56 Å². The van der Waals surface area contributed by atoms with E-state index in [2.05, 4.69) is 21.0 Å². The SMILES string of the molecule is Cc1ccc(C)c(C(=O)C(C)n2cc(Br)c([N+](=O)[O-])n2)c1. The number of ketones is 1. The maximum absolute atomic E-state index is 12.6. The first kappa shape index (κ1) is 15.4. The third-order valence-electron chi connectivity index (χ3n) is 3.28. The molecule has 0 radical (unpaired) electrons. The predicted octanol–water partition coefficient (Wildman–Crippen LogP) is 3.61. The highest BCUT2D eigenvalue weighted by Crippen LogP contribution is 2.26. The van der Waals surface area contributed by atoms with Gasteiger partial charge in [-0.15, -0.1) is 0 Å². The molecular weight excluding hydrogens is 338 g/mol. The van der Waals surface area contributed by atoms with Crippen LogP contribution in [0.1, 0.15) is 34.5 Å². The summed E-state index contributed by atoms with van der Waals surface area (Å²) in [5.74, 6) is -0.420. The number of aromatic nitrogens is 2. The molecular formula is C14H14BrN3O3. The molecule has 6 nitrogen and oxygen atoms in total. The highest BCUT2D eigenvalue weighted by atomic mass is 79.9. The van der Waals surface area contributed by atoms with Crippen LogP contribution in [0.15, 0.2) is 28.9 Å². The fourth-order valence-corrected chi connectivity index (χ4v) is 2.46. The summed E-state index contributed by atoms with van der Waals surface area (Å²) in [5, 5.41) is 14.7. The molecule has 0 aliphatic rings. The van der Waals surface area contributed by atoms with E-state index >= 15 is 0 Å². The van der Waals surface area contributed by atoms with Crippen LogP contribution in [0.5, 0.6) is 0 Å². The van der Waals surface area contributed by atoms with Crippen LogP contribution < -0.4 is 0 Å². The number of nitro groups is 1. The van der Waals surface area contributed by atoms with E-state index in [4.69, 9.17) is 0 Å². The number of rotatable bonds is 4. The quantitative estimate of drug-likeness (QED) is 0.478. The molecule has 1 heterocycles. The number of nitrogens with zero attached hydrogens (tertiary/aromatic N) is 3. The fraction of sp³-hybridized carbons (Fsp3) is 0.286. The van der Waals surface area contributed by atoms with Crippen LogP contribution in [0.4, 0.5) is 5.82 Å². The topological polar surface area (TPSA) is 78.0 Å². The first-order valence-electron chi connectivity index (χ1n) is 6.31. The van der Waals surface area contributed by atoms with Crippen molar-refractivity contribution in [2.75, 3.05) is 0 Å². The van der Waals surface area contributed by atoms with Crippen molar-refractivity contribution in [3.05, 3.63) is 55.7 Å². The van der Waals surface area contributed by atoms with Gasteiger partial charge in [-0.25, -0.2) is 0 Å². The molecule has 0 saturated heterocycles. The molecule has 7 heteroatoms. The Morgan fingerprint density at radius 3 is 2.67 bits per heavy atom. The standard InChI is InChI=1S/C14H14BrN3O3/c1-8-4-5-9(2)11(6-8)13(19)10(3)17-7-12(15)14(16-17)18(20)21/h4-7,10H,1-3H3. The minimum Gasteiger partial charge on any atom is -0.358 e. The summed E-state index contributed by atoms with van der Waals surface area (Å²) in [6.07, 6.45) is 1.45. The molecule has 1 unspecified atom stereocenters. The lowest BCUT2D eigenvalue weighted by atomic mass is 9.98. The Labute approximate surface area is 130 Å². The molecule has 0 bridgehead atoms. The number of carbonyl (C=O) groups is 1. The van der Waals surface area contributed by atoms with E-state index in [9.17, 15) is 14.9 Å². The molecule has 0 amide bonds. The van der Waals surface area contributed by atoms with Crippen LogP contribution in [-0.2, 0) is 0 Å². The third-order valence-corrected chi connectivity index (χ3v) is 3.84.